The monoisotopic (exact) mass is 336 g/mol. The first-order valence-electron chi connectivity index (χ1n) is 5.54. The molecule has 0 amide bonds. The Morgan fingerprint density at radius 1 is 1.39 bits per heavy atom. The highest BCUT2D eigenvalue weighted by molar-refractivity contribution is 9.10. The van der Waals surface area contributed by atoms with Crippen molar-refractivity contribution in [3.63, 3.8) is 0 Å². The molecule has 0 heterocycles. The van der Waals surface area contributed by atoms with Crippen LogP contribution in [0.1, 0.15) is 30.1 Å². The van der Waals surface area contributed by atoms with Crippen molar-refractivity contribution < 1.29 is 17.6 Å². The van der Waals surface area contributed by atoms with Crippen LogP contribution in [0.5, 0.6) is 0 Å². The summed E-state index contributed by atoms with van der Waals surface area (Å²) in [6, 6.07) is 4.02. The molecule has 0 aliphatic carbocycles. The summed E-state index contributed by atoms with van der Waals surface area (Å²) in [6.07, 6.45) is 0.446. The molecule has 0 aliphatic rings. The Kier molecular flexibility index (Phi) is 5.47. The van der Waals surface area contributed by atoms with Crippen LogP contribution < -0.4 is 0 Å². The number of hydrogen-bond acceptors (Lipinski definition) is 3. The van der Waals surface area contributed by atoms with E-state index in [0.717, 1.165) is 0 Å². The molecule has 0 saturated heterocycles. The van der Waals surface area contributed by atoms with Crippen LogP contribution >= 0.6 is 15.9 Å². The first-order chi connectivity index (χ1) is 8.35. The van der Waals surface area contributed by atoms with Gasteiger partial charge in [0.1, 0.15) is 15.7 Å². The molecule has 0 fully saturated rings. The molecule has 1 rings (SSSR count). The summed E-state index contributed by atoms with van der Waals surface area (Å²) in [6.45, 7) is 1.58. The molecule has 18 heavy (non-hydrogen) atoms. The quantitative estimate of drug-likeness (QED) is 0.750. The van der Waals surface area contributed by atoms with Gasteiger partial charge >= 0.3 is 0 Å². The predicted octanol–water partition coefficient (Wildman–Crippen LogP) is 2.99. The Labute approximate surface area is 114 Å². The Bertz CT molecular complexity index is 540. The van der Waals surface area contributed by atoms with Crippen molar-refractivity contribution >= 4 is 31.6 Å². The number of hydrogen-bond donors (Lipinski definition) is 0. The van der Waals surface area contributed by atoms with E-state index in [1.54, 1.807) is 6.92 Å². The Morgan fingerprint density at radius 2 is 2.06 bits per heavy atom. The highest BCUT2D eigenvalue weighted by Crippen LogP contribution is 2.18. The van der Waals surface area contributed by atoms with Gasteiger partial charge in [-0.1, -0.05) is 6.92 Å². The molecule has 0 radical (unpaired) electrons. The Balaban J connectivity index is 2.58. The summed E-state index contributed by atoms with van der Waals surface area (Å²) in [5.74, 6) is -0.511. The van der Waals surface area contributed by atoms with Crippen molar-refractivity contribution in [3.8, 4) is 0 Å². The SMILES string of the molecule is CCS(=O)(=O)CCCC(=O)c1ccc(F)c(Br)c1. The topological polar surface area (TPSA) is 51.2 Å². The van der Waals surface area contributed by atoms with Gasteiger partial charge in [-0.25, -0.2) is 12.8 Å². The third-order valence-corrected chi connectivity index (χ3v) is 4.94. The van der Waals surface area contributed by atoms with Gasteiger partial charge in [0.15, 0.2) is 5.78 Å². The Morgan fingerprint density at radius 3 is 2.61 bits per heavy atom. The largest absolute Gasteiger partial charge is 0.294 e. The minimum atomic E-state index is -3.03. The predicted molar refractivity (Wildman–Crippen MR) is 72.0 cm³/mol. The zero-order chi connectivity index (χ0) is 13.8. The lowest BCUT2D eigenvalue weighted by Crippen LogP contribution is -2.10. The molecule has 0 aromatic heterocycles. The molecule has 0 N–H and O–H groups in total. The average molecular weight is 337 g/mol. The molecule has 0 aliphatic heterocycles. The van der Waals surface area contributed by atoms with Crippen LogP contribution in [-0.2, 0) is 9.84 Å². The van der Waals surface area contributed by atoms with E-state index in [4.69, 9.17) is 0 Å². The zero-order valence-electron chi connectivity index (χ0n) is 9.95. The van der Waals surface area contributed by atoms with Gasteiger partial charge in [-0.3, -0.25) is 4.79 Å². The fourth-order valence-electron chi connectivity index (χ4n) is 1.41. The number of halogens is 2. The van der Waals surface area contributed by atoms with Gasteiger partial charge in [0, 0.05) is 17.7 Å². The number of ketones is 1. The second-order valence-electron chi connectivity index (χ2n) is 3.89. The summed E-state index contributed by atoms with van der Waals surface area (Å²) in [7, 11) is -3.03. The van der Waals surface area contributed by atoms with E-state index in [-0.39, 0.29) is 28.2 Å². The fourth-order valence-corrected chi connectivity index (χ4v) is 2.66. The van der Waals surface area contributed by atoms with Gasteiger partial charge < -0.3 is 0 Å². The molecule has 0 unspecified atom stereocenters. The van der Waals surface area contributed by atoms with Crippen molar-refractivity contribution in [1.29, 1.82) is 0 Å². The molecular formula is C12H14BrFO3S. The first-order valence-corrected chi connectivity index (χ1v) is 8.16. The van der Waals surface area contributed by atoms with Crippen LogP contribution in [0.3, 0.4) is 0 Å². The maximum absolute atomic E-state index is 13.0. The van der Waals surface area contributed by atoms with E-state index in [1.807, 2.05) is 0 Å². The lowest BCUT2D eigenvalue weighted by Gasteiger charge is -2.03. The molecule has 3 nitrogen and oxygen atoms in total. The summed E-state index contributed by atoms with van der Waals surface area (Å²) < 4.78 is 35.7. The maximum atomic E-state index is 13.0. The molecule has 6 heteroatoms. The molecule has 1 aromatic carbocycles. The number of rotatable bonds is 6. The van der Waals surface area contributed by atoms with Crippen LogP contribution in [0.25, 0.3) is 0 Å². The van der Waals surface area contributed by atoms with E-state index in [0.29, 0.717) is 12.0 Å². The lowest BCUT2D eigenvalue weighted by molar-refractivity contribution is 0.0982. The van der Waals surface area contributed by atoms with E-state index in [2.05, 4.69) is 15.9 Å². The normalized spacial score (nSPS) is 11.5. The first kappa shape index (κ1) is 15.3. The fraction of sp³-hybridized carbons (Fsp3) is 0.417. The van der Waals surface area contributed by atoms with Crippen molar-refractivity contribution in [2.24, 2.45) is 0 Å². The van der Waals surface area contributed by atoms with E-state index in [9.17, 15) is 17.6 Å². The second kappa shape index (κ2) is 6.43. The van der Waals surface area contributed by atoms with Crippen LogP contribution in [0.15, 0.2) is 22.7 Å². The van der Waals surface area contributed by atoms with Gasteiger partial charge in [-0.2, -0.15) is 0 Å². The van der Waals surface area contributed by atoms with Crippen molar-refractivity contribution in [2.45, 2.75) is 19.8 Å². The number of benzene rings is 1. The molecule has 0 atom stereocenters. The highest BCUT2D eigenvalue weighted by Gasteiger charge is 2.11. The van der Waals surface area contributed by atoms with Gasteiger partial charge in [0.2, 0.25) is 0 Å². The van der Waals surface area contributed by atoms with Crippen LogP contribution in [-0.4, -0.2) is 25.7 Å². The Hall–Kier alpha value is -0.750. The van der Waals surface area contributed by atoms with Crippen LogP contribution in [0, 0.1) is 5.82 Å². The minimum Gasteiger partial charge on any atom is -0.294 e. The summed E-state index contributed by atoms with van der Waals surface area (Å²) in [5, 5.41) is 0. The third kappa shape index (κ3) is 4.49. The molecule has 1 aromatic rings. The van der Waals surface area contributed by atoms with Crippen molar-refractivity contribution in [2.75, 3.05) is 11.5 Å². The smallest absolute Gasteiger partial charge is 0.162 e. The van der Waals surface area contributed by atoms with Gasteiger partial charge in [-0.05, 0) is 40.5 Å². The van der Waals surface area contributed by atoms with Gasteiger partial charge in [0.05, 0.1) is 10.2 Å². The van der Waals surface area contributed by atoms with Crippen molar-refractivity contribution in [1.82, 2.24) is 0 Å². The summed E-state index contributed by atoms with van der Waals surface area (Å²) in [5.41, 5.74) is 0.386. The van der Waals surface area contributed by atoms with E-state index >= 15 is 0 Å². The van der Waals surface area contributed by atoms with Gasteiger partial charge in [0.25, 0.3) is 0 Å². The standard InChI is InChI=1S/C12H14BrFO3S/c1-2-18(16,17)7-3-4-12(15)9-5-6-11(14)10(13)8-9/h5-6,8H,2-4,7H2,1H3. The van der Waals surface area contributed by atoms with Crippen LogP contribution in [0.4, 0.5) is 4.39 Å². The average Bonchev–Trinajstić information content (AvgIpc) is 2.32. The summed E-state index contributed by atoms with van der Waals surface area (Å²) in [4.78, 5) is 11.7. The number of sulfone groups is 1. The van der Waals surface area contributed by atoms with Gasteiger partial charge in [-0.15, -0.1) is 0 Å². The van der Waals surface area contributed by atoms with Crippen molar-refractivity contribution in [3.05, 3.63) is 34.1 Å². The minimum absolute atomic E-state index is 0.0115. The highest BCUT2D eigenvalue weighted by atomic mass is 79.9. The van der Waals surface area contributed by atoms with E-state index < -0.39 is 15.7 Å². The molecule has 100 valence electrons. The second-order valence-corrected chi connectivity index (χ2v) is 7.22. The summed E-state index contributed by atoms with van der Waals surface area (Å²) >= 11 is 3.00. The number of carbonyl (C=O) groups is 1. The molecular weight excluding hydrogens is 323 g/mol. The lowest BCUT2D eigenvalue weighted by atomic mass is 10.1. The van der Waals surface area contributed by atoms with E-state index in [1.165, 1.54) is 18.2 Å². The number of carbonyl (C=O) groups excluding carboxylic acids is 1. The molecule has 0 saturated carbocycles. The zero-order valence-corrected chi connectivity index (χ0v) is 12.4. The third-order valence-electron chi connectivity index (χ3n) is 2.54. The molecule has 0 bridgehead atoms. The number of Topliss-reactive ketones (excluding diaryl/α,β-unsaturated/α-hetero) is 1. The molecule has 0 spiro atoms. The maximum Gasteiger partial charge on any atom is 0.162 e. The van der Waals surface area contributed by atoms with Crippen LogP contribution in [0.2, 0.25) is 0 Å².